The molecule has 8 heteroatoms. The summed E-state index contributed by atoms with van der Waals surface area (Å²) in [5, 5.41) is 5.75. The third-order valence-electron chi connectivity index (χ3n) is 3.93. The zero-order chi connectivity index (χ0) is 18.7. The van der Waals surface area contributed by atoms with Gasteiger partial charge in [0.25, 0.3) is 0 Å². The first-order valence-electron chi connectivity index (χ1n) is 8.44. The summed E-state index contributed by atoms with van der Waals surface area (Å²) in [6, 6.07) is 3.86. The van der Waals surface area contributed by atoms with E-state index in [4.69, 9.17) is 4.74 Å². The average molecular weight is 395 g/mol. The summed E-state index contributed by atoms with van der Waals surface area (Å²) >= 11 is 0. The van der Waals surface area contributed by atoms with Crippen molar-refractivity contribution in [1.29, 1.82) is 0 Å². The maximum absolute atomic E-state index is 13.4. The highest BCUT2D eigenvalue weighted by molar-refractivity contribution is 5.85. The number of rotatable bonds is 4. The lowest BCUT2D eigenvalue weighted by atomic mass is 9.98. The molecule has 0 bridgehead atoms. The van der Waals surface area contributed by atoms with Gasteiger partial charge in [0.15, 0.2) is 0 Å². The Balaban J connectivity index is 0.00000338. The molecule has 0 aromatic heterocycles. The molecule has 2 rings (SSSR count). The van der Waals surface area contributed by atoms with Crippen molar-refractivity contribution in [3.05, 3.63) is 29.3 Å². The maximum Gasteiger partial charge on any atom is 0.416 e. The second-order valence-corrected chi connectivity index (χ2v) is 7.29. The molecule has 1 aliphatic rings. The Morgan fingerprint density at radius 2 is 2.00 bits per heavy atom. The topological polar surface area (TPSA) is 50.4 Å². The van der Waals surface area contributed by atoms with Crippen molar-refractivity contribution in [3.63, 3.8) is 0 Å². The average Bonchev–Trinajstić information content (AvgIpc) is 2.51. The minimum absolute atomic E-state index is 0. The van der Waals surface area contributed by atoms with Crippen molar-refractivity contribution in [1.82, 2.24) is 10.6 Å². The van der Waals surface area contributed by atoms with Gasteiger partial charge in [0, 0.05) is 13.1 Å². The summed E-state index contributed by atoms with van der Waals surface area (Å²) in [5.74, 6) is -0.242. The molecule has 0 aliphatic carbocycles. The fourth-order valence-electron chi connectivity index (χ4n) is 2.79. The van der Waals surface area contributed by atoms with Crippen LogP contribution in [-0.4, -0.2) is 24.6 Å². The first-order valence-corrected chi connectivity index (χ1v) is 8.44. The Labute approximate surface area is 158 Å². The molecule has 0 radical (unpaired) electrons. The zero-order valence-electron chi connectivity index (χ0n) is 15.2. The number of ether oxygens (including phenoxy) is 1. The first-order chi connectivity index (χ1) is 11.6. The van der Waals surface area contributed by atoms with Gasteiger partial charge in [-0.15, -0.1) is 12.4 Å². The lowest BCUT2D eigenvalue weighted by Crippen LogP contribution is -2.40. The van der Waals surface area contributed by atoms with Gasteiger partial charge in [0.2, 0.25) is 5.91 Å². The van der Waals surface area contributed by atoms with E-state index in [1.54, 1.807) is 20.8 Å². The highest BCUT2D eigenvalue weighted by Crippen LogP contribution is 2.35. The van der Waals surface area contributed by atoms with Crippen molar-refractivity contribution in [2.24, 2.45) is 5.92 Å². The standard InChI is InChI=1S/C18H25F3N2O2.ClH/c1-17(2,3)25-14-7-6-12(15(9-14)18(19,20)21)11-23-16(24)13-5-4-8-22-10-13;/h6-7,9,13,22H,4-5,8,10-11H2,1-3H3,(H,23,24);1H. The highest BCUT2D eigenvalue weighted by Gasteiger charge is 2.34. The van der Waals surface area contributed by atoms with Gasteiger partial charge < -0.3 is 15.4 Å². The molecule has 1 unspecified atom stereocenters. The van der Waals surface area contributed by atoms with Crippen LogP contribution in [0.3, 0.4) is 0 Å². The molecule has 1 saturated heterocycles. The normalized spacial score (nSPS) is 18.0. The van der Waals surface area contributed by atoms with Crippen LogP contribution in [0.25, 0.3) is 0 Å². The molecule has 1 aromatic rings. The summed E-state index contributed by atoms with van der Waals surface area (Å²) in [4.78, 5) is 12.1. The monoisotopic (exact) mass is 394 g/mol. The fourth-order valence-corrected chi connectivity index (χ4v) is 2.79. The number of carbonyl (C=O) groups is 1. The number of amides is 1. The molecular weight excluding hydrogens is 369 g/mol. The number of carbonyl (C=O) groups excluding carboxylic acids is 1. The molecule has 1 heterocycles. The van der Waals surface area contributed by atoms with E-state index in [1.165, 1.54) is 12.1 Å². The molecule has 0 spiro atoms. The summed E-state index contributed by atoms with van der Waals surface area (Å²) in [6.45, 7) is 6.60. The molecule has 4 nitrogen and oxygen atoms in total. The predicted octanol–water partition coefficient (Wildman–Crippen LogP) is 3.92. The molecule has 0 saturated carbocycles. The van der Waals surface area contributed by atoms with Gasteiger partial charge in [-0.3, -0.25) is 4.79 Å². The Morgan fingerprint density at radius 3 is 2.54 bits per heavy atom. The number of nitrogens with one attached hydrogen (secondary N) is 2. The van der Waals surface area contributed by atoms with Gasteiger partial charge in [-0.25, -0.2) is 0 Å². The minimum Gasteiger partial charge on any atom is -0.488 e. The molecule has 1 aliphatic heterocycles. The molecule has 1 amide bonds. The van der Waals surface area contributed by atoms with Crippen molar-refractivity contribution in [2.75, 3.05) is 13.1 Å². The SMILES string of the molecule is CC(C)(C)Oc1ccc(CNC(=O)C2CCCNC2)c(C(F)(F)F)c1.Cl. The molecule has 1 aromatic carbocycles. The molecule has 1 fully saturated rings. The number of piperidine rings is 1. The predicted molar refractivity (Wildman–Crippen MR) is 96.5 cm³/mol. The highest BCUT2D eigenvalue weighted by atomic mass is 35.5. The molecule has 1 atom stereocenters. The summed E-state index contributed by atoms with van der Waals surface area (Å²) in [7, 11) is 0. The summed E-state index contributed by atoms with van der Waals surface area (Å²) in [5.41, 5.74) is -1.34. The van der Waals surface area contributed by atoms with E-state index in [1.807, 2.05) is 0 Å². The number of hydrogen-bond donors (Lipinski definition) is 2. The van der Waals surface area contributed by atoms with Crippen LogP contribution in [0.1, 0.15) is 44.7 Å². The Kier molecular flexibility index (Phi) is 7.77. The molecule has 148 valence electrons. The number of halogens is 4. The Bertz CT molecular complexity index is 609. The van der Waals surface area contributed by atoms with Gasteiger partial charge in [0.1, 0.15) is 11.4 Å². The van der Waals surface area contributed by atoms with Crippen LogP contribution < -0.4 is 15.4 Å². The summed E-state index contributed by atoms with van der Waals surface area (Å²) in [6.07, 6.45) is -2.86. The summed E-state index contributed by atoms with van der Waals surface area (Å²) < 4.78 is 45.6. The largest absolute Gasteiger partial charge is 0.488 e. The van der Waals surface area contributed by atoms with Gasteiger partial charge in [-0.05, 0) is 57.9 Å². The first kappa shape index (κ1) is 22.6. The van der Waals surface area contributed by atoms with E-state index in [0.717, 1.165) is 25.5 Å². The lowest BCUT2D eigenvalue weighted by Gasteiger charge is -2.24. The maximum atomic E-state index is 13.4. The van der Waals surface area contributed by atoms with E-state index in [-0.39, 0.29) is 42.1 Å². The van der Waals surface area contributed by atoms with Crippen LogP contribution in [0.4, 0.5) is 13.2 Å². The van der Waals surface area contributed by atoms with Gasteiger partial charge in [0.05, 0.1) is 11.5 Å². The van der Waals surface area contributed by atoms with Gasteiger partial charge in [-0.1, -0.05) is 6.07 Å². The van der Waals surface area contributed by atoms with Gasteiger partial charge >= 0.3 is 6.18 Å². The molecule has 2 N–H and O–H groups in total. The molecule has 26 heavy (non-hydrogen) atoms. The van der Waals surface area contributed by atoms with Crippen molar-refractivity contribution < 1.29 is 22.7 Å². The third kappa shape index (κ3) is 6.68. The number of alkyl halides is 3. The van der Waals surface area contributed by atoms with E-state index in [0.29, 0.717) is 6.54 Å². The Morgan fingerprint density at radius 1 is 1.31 bits per heavy atom. The number of hydrogen-bond acceptors (Lipinski definition) is 3. The van der Waals surface area contributed by atoms with Crippen molar-refractivity contribution in [2.45, 2.75) is 51.9 Å². The smallest absolute Gasteiger partial charge is 0.416 e. The van der Waals surface area contributed by atoms with E-state index in [9.17, 15) is 18.0 Å². The van der Waals surface area contributed by atoms with Crippen LogP contribution in [0.15, 0.2) is 18.2 Å². The van der Waals surface area contributed by atoms with Crippen molar-refractivity contribution in [3.8, 4) is 5.75 Å². The fraction of sp³-hybridized carbons (Fsp3) is 0.611. The van der Waals surface area contributed by atoms with Gasteiger partial charge in [-0.2, -0.15) is 13.2 Å². The quantitative estimate of drug-likeness (QED) is 0.813. The second-order valence-electron chi connectivity index (χ2n) is 7.29. The van der Waals surface area contributed by atoms with Crippen LogP contribution in [0, 0.1) is 5.92 Å². The second kappa shape index (κ2) is 8.95. The van der Waals surface area contributed by atoms with Crippen LogP contribution >= 0.6 is 12.4 Å². The zero-order valence-corrected chi connectivity index (χ0v) is 16.0. The number of benzene rings is 1. The molecular formula is C18H26ClF3N2O2. The van der Waals surface area contributed by atoms with Crippen LogP contribution in [0.5, 0.6) is 5.75 Å². The van der Waals surface area contributed by atoms with E-state index >= 15 is 0 Å². The van der Waals surface area contributed by atoms with E-state index < -0.39 is 17.3 Å². The van der Waals surface area contributed by atoms with Crippen LogP contribution in [0.2, 0.25) is 0 Å². The van der Waals surface area contributed by atoms with E-state index in [2.05, 4.69) is 10.6 Å². The van der Waals surface area contributed by atoms with Crippen molar-refractivity contribution >= 4 is 18.3 Å². The van der Waals surface area contributed by atoms with Crippen LogP contribution in [-0.2, 0) is 17.5 Å². The lowest BCUT2D eigenvalue weighted by molar-refractivity contribution is -0.138. The third-order valence-corrected chi connectivity index (χ3v) is 3.93. The Hall–Kier alpha value is -1.47. The minimum atomic E-state index is -4.51.